The second-order valence-electron chi connectivity index (χ2n) is 5.17. The Balaban J connectivity index is 2.23. The molecular weight excluding hydrogens is 319 g/mol. The van der Waals surface area contributed by atoms with Crippen LogP contribution in [0.15, 0.2) is 59.5 Å². The summed E-state index contributed by atoms with van der Waals surface area (Å²) in [4.78, 5) is 0.0395. The summed E-state index contributed by atoms with van der Waals surface area (Å²) < 4.78 is 39.6. The summed E-state index contributed by atoms with van der Waals surface area (Å²) >= 11 is 1.24. The molecule has 2 aromatic carbocycles. The average molecular weight is 338 g/mol. The van der Waals surface area contributed by atoms with Gasteiger partial charge in [-0.15, -0.1) is 0 Å². The summed E-state index contributed by atoms with van der Waals surface area (Å²) in [6.07, 6.45) is 2.12. The van der Waals surface area contributed by atoms with Crippen LogP contribution in [0, 0.1) is 6.92 Å². The molecule has 0 bridgehead atoms. The molecule has 0 radical (unpaired) electrons. The van der Waals surface area contributed by atoms with Gasteiger partial charge in [-0.3, -0.25) is 0 Å². The molecule has 0 saturated carbocycles. The van der Waals surface area contributed by atoms with Gasteiger partial charge in [-0.25, -0.2) is 12.8 Å². The van der Waals surface area contributed by atoms with Crippen LogP contribution in [-0.2, 0) is 16.3 Å². The van der Waals surface area contributed by atoms with Crippen molar-refractivity contribution < 1.29 is 12.8 Å². The molecule has 0 amide bonds. The van der Waals surface area contributed by atoms with Crippen molar-refractivity contribution in [3.8, 4) is 0 Å². The van der Waals surface area contributed by atoms with E-state index in [1.54, 1.807) is 18.4 Å². The van der Waals surface area contributed by atoms with E-state index < -0.39 is 20.6 Å². The molecule has 0 heterocycles. The molecule has 0 saturated heterocycles. The van der Waals surface area contributed by atoms with Gasteiger partial charge in [0.25, 0.3) is 0 Å². The number of alkyl halides is 1. The average Bonchev–Trinajstić information content (AvgIpc) is 2.53. The molecule has 0 fully saturated rings. The minimum absolute atomic E-state index is 0.0395. The van der Waals surface area contributed by atoms with E-state index in [-0.39, 0.29) is 4.90 Å². The van der Waals surface area contributed by atoms with Crippen LogP contribution >= 0.6 is 11.8 Å². The maximum absolute atomic E-state index is 14.7. The highest BCUT2D eigenvalue weighted by Crippen LogP contribution is 2.28. The lowest BCUT2D eigenvalue weighted by Gasteiger charge is -2.19. The summed E-state index contributed by atoms with van der Waals surface area (Å²) in [6.45, 7) is 1.86. The molecular formula is C17H19FO2S2. The molecule has 2 atom stereocenters. The van der Waals surface area contributed by atoms with Gasteiger partial charge in [0.1, 0.15) is 0 Å². The smallest absolute Gasteiger partial charge is 0.217 e. The normalized spacial score (nSPS) is 14.5. The van der Waals surface area contributed by atoms with Gasteiger partial charge in [0.15, 0.2) is 0 Å². The van der Waals surface area contributed by atoms with Crippen molar-refractivity contribution in [2.24, 2.45) is 0 Å². The van der Waals surface area contributed by atoms with E-state index in [4.69, 9.17) is 0 Å². The van der Waals surface area contributed by atoms with Crippen molar-refractivity contribution in [2.45, 2.75) is 29.0 Å². The highest BCUT2D eigenvalue weighted by Gasteiger charge is 2.34. The van der Waals surface area contributed by atoms with E-state index in [0.717, 1.165) is 11.1 Å². The van der Waals surface area contributed by atoms with Crippen molar-refractivity contribution >= 4 is 21.6 Å². The fourth-order valence-electron chi connectivity index (χ4n) is 2.19. The van der Waals surface area contributed by atoms with Crippen LogP contribution in [0.2, 0.25) is 0 Å². The number of halogens is 1. The first kappa shape index (κ1) is 17.0. The van der Waals surface area contributed by atoms with E-state index in [1.165, 1.54) is 23.9 Å². The quantitative estimate of drug-likeness (QED) is 0.797. The summed E-state index contributed by atoms with van der Waals surface area (Å²) in [7, 11) is -3.97. The number of sulfone groups is 1. The van der Waals surface area contributed by atoms with Crippen LogP contribution < -0.4 is 0 Å². The summed E-state index contributed by atoms with van der Waals surface area (Å²) in [5.41, 5.74) is -0.0471. The standard InChI is InChI=1S/C17H19FO2S2/c1-13-8-10-15(11-9-13)22(19,20)17(18)16(21-2)12-14-6-4-3-5-7-14/h3-11,16-17H,12H2,1-2H3. The van der Waals surface area contributed by atoms with Crippen molar-refractivity contribution in [2.75, 3.05) is 6.26 Å². The Morgan fingerprint density at radius 2 is 1.64 bits per heavy atom. The van der Waals surface area contributed by atoms with E-state index in [2.05, 4.69) is 0 Å². The second-order valence-corrected chi connectivity index (χ2v) is 8.26. The number of thioether (sulfide) groups is 1. The minimum Gasteiger partial charge on any atom is -0.228 e. The molecule has 0 aliphatic heterocycles. The van der Waals surface area contributed by atoms with Gasteiger partial charge >= 0.3 is 0 Å². The minimum atomic E-state index is -3.97. The molecule has 0 spiro atoms. The highest BCUT2D eigenvalue weighted by atomic mass is 32.2. The fourth-order valence-corrected chi connectivity index (χ4v) is 4.80. The summed E-state index contributed by atoms with van der Waals surface area (Å²) in [6, 6.07) is 15.7. The topological polar surface area (TPSA) is 34.1 Å². The SMILES string of the molecule is CSC(Cc1ccccc1)C(F)S(=O)(=O)c1ccc(C)cc1. The van der Waals surface area contributed by atoms with Crippen LogP contribution in [-0.4, -0.2) is 25.4 Å². The van der Waals surface area contributed by atoms with Crippen LogP contribution in [0.5, 0.6) is 0 Å². The first-order chi connectivity index (χ1) is 10.4. The Bertz CT molecular complexity index is 697. The molecule has 0 aromatic heterocycles. The lowest BCUT2D eigenvalue weighted by molar-refractivity contribution is 0.407. The monoisotopic (exact) mass is 338 g/mol. The molecule has 5 heteroatoms. The van der Waals surface area contributed by atoms with Crippen LogP contribution in [0.3, 0.4) is 0 Å². The first-order valence-corrected chi connectivity index (χ1v) is 9.80. The molecule has 2 rings (SSSR count). The number of rotatable bonds is 6. The molecule has 22 heavy (non-hydrogen) atoms. The van der Waals surface area contributed by atoms with E-state index in [0.29, 0.717) is 6.42 Å². The van der Waals surface area contributed by atoms with E-state index in [9.17, 15) is 12.8 Å². The lowest BCUT2D eigenvalue weighted by atomic mass is 10.1. The Hall–Kier alpha value is -1.33. The predicted molar refractivity (Wildman–Crippen MR) is 90.7 cm³/mol. The number of hydrogen-bond acceptors (Lipinski definition) is 3. The van der Waals surface area contributed by atoms with Crippen LogP contribution in [0.25, 0.3) is 0 Å². The molecule has 0 N–H and O–H groups in total. The van der Waals surface area contributed by atoms with Crippen molar-refractivity contribution in [3.63, 3.8) is 0 Å². The molecule has 2 aromatic rings. The third-order valence-corrected chi connectivity index (χ3v) is 6.55. The third kappa shape index (κ3) is 3.90. The van der Waals surface area contributed by atoms with Gasteiger partial charge in [-0.1, -0.05) is 48.0 Å². The third-order valence-electron chi connectivity index (χ3n) is 3.52. The number of benzene rings is 2. The van der Waals surface area contributed by atoms with Gasteiger partial charge < -0.3 is 0 Å². The first-order valence-electron chi connectivity index (χ1n) is 6.96. The second kappa shape index (κ2) is 7.29. The van der Waals surface area contributed by atoms with Crippen molar-refractivity contribution in [3.05, 3.63) is 65.7 Å². The van der Waals surface area contributed by atoms with Gasteiger partial charge in [-0.05, 0) is 37.3 Å². The van der Waals surface area contributed by atoms with Gasteiger partial charge in [0.05, 0.1) is 10.1 Å². The van der Waals surface area contributed by atoms with E-state index in [1.807, 2.05) is 37.3 Å². The maximum Gasteiger partial charge on any atom is 0.217 e. The zero-order valence-corrected chi connectivity index (χ0v) is 14.2. The van der Waals surface area contributed by atoms with Gasteiger partial charge in [0, 0.05) is 0 Å². The zero-order valence-electron chi connectivity index (χ0n) is 12.6. The summed E-state index contributed by atoms with van der Waals surface area (Å²) in [5.74, 6) is 0. The molecule has 0 aliphatic carbocycles. The predicted octanol–water partition coefficient (Wildman–Crippen LogP) is 4.04. The molecule has 0 aliphatic rings. The van der Waals surface area contributed by atoms with Crippen molar-refractivity contribution in [1.29, 1.82) is 0 Å². The summed E-state index contributed by atoms with van der Waals surface area (Å²) in [5, 5.41) is -0.631. The fraction of sp³-hybridized carbons (Fsp3) is 0.294. The van der Waals surface area contributed by atoms with Crippen LogP contribution in [0.1, 0.15) is 11.1 Å². The number of aryl methyl sites for hydroxylation is 1. The Morgan fingerprint density at radius 3 is 2.18 bits per heavy atom. The van der Waals surface area contributed by atoms with Gasteiger partial charge in [-0.2, -0.15) is 11.8 Å². The molecule has 118 valence electrons. The Labute approximate surface area is 135 Å². The molecule has 2 unspecified atom stereocenters. The van der Waals surface area contributed by atoms with Gasteiger partial charge in [0.2, 0.25) is 15.3 Å². The van der Waals surface area contributed by atoms with Crippen molar-refractivity contribution in [1.82, 2.24) is 0 Å². The van der Waals surface area contributed by atoms with Crippen LogP contribution in [0.4, 0.5) is 4.39 Å². The largest absolute Gasteiger partial charge is 0.228 e. The lowest BCUT2D eigenvalue weighted by Crippen LogP contribution is -2.29. The Morgan fingerprint density at radius 1 is 1.05 bits per heavy atom. The zero-order chi connectivity index (χ0) is 16.2. The Kier molecular flexibility index (Phi) is 5.64. The maximum atomic E-state index is 14.7. The van der Waals surface area contributed by atoms with E-state index >= 15 is 0 Å². The molecule has 2 nitrogen and oxygen atoms in total. The highest BCUT2D eigenvalue weighted by molar-refractivity contribution is 8.00. The number of hydrogen-bond donors (Lipinski definition) is 0.